The van der Waals surface area contributed by atoms with E-state index in [4.69, 9.17) is 15.2 Å². The van der Waals surface area contributed by atoms with Gasteiger partial charge in [-0.1, -0.05) is 12.1 Å². The molecule has 0 aliphatic carbocycles. The van der Waals surface area contributed by atoms with Crippen LogP contribution in [-0.2, 0) is 9.53 Å². The van der Waals surface area contributed by atoms with Crippen molar-refractivity contribution in [2.45, 2.75) is 25.8 Å². The van der Waals surface area contributed by atoms with Gasteiger partial charge in [-0.2, -0.15) is 0 Å². The molecule has 1 saturated heterocycles. The Balaban J connectivity index is 1.81. The van der Waals surface area contributed by atoms with Crippen LogP contribution in [0.3, 0.4) is 0 Å². The number of hydrogen-bond donors (Lipinski definition) is 2. The third kappa shape index (κ3) is 3.86. The van der Waals surface area contributed by atoms with Crippen LogP contribution in [-0.4, -0.2) is 31.8 Å². The zero-order chi connectivity index (χ0) is 13.7. The summed E-state index contributed by atoms with van der Waals surface area (Å²) in [6, 6.07) is 5.73. The van der Waals surface area contributed by atoms with Crippen LogP contribution in [0, 0.1) is 6.92 Å². The molecular formula is C14H20N2O3. The molecule has 1 aliphatic rings. The lowest BCUT2D eigenvalue weighted by Crippen LogP contribution is -2.41. The zero-order valence-electron chi connectivity index (χ0n) is 11.1. The van der Waals surface area contributed by atoms with E-state index < -0.39 is 0 Å². The summed E-state index contributed by atoms with van der Waals surface area (Å²) in [6.45, 7) is 3.31. The number of anilines is 1. The first kappa shape index (κ1) is 13.7. The highest BCUT2D eigenvalue weighted by molar-refractivity contribution is 5.78. The zero-order valence-corrected chi connectivity index (χ0v) is 11.1. The van der Waals surface area contributed by atoms with Gasteiger partial charge in [-0.3, -0.25) is 4.79 Å². The molecule has 0 spiro atoms. The number of aryl methyl sites for hydroxylation is 1. The first-order valence-corrected chi connectivity index (χ1v) is 6.52. The molecule has 1 aromatic rings. The number of nitrogens with one attached hydrogen (secondary N) is 1. The number of carbonyl (C=O) groups is 1. The van der Waals surface area contributed by atoms with Crippen molar-refractivity contribution in [3.05, 3.63) is 23.8 Å². The maximum Gasteiger partial charge on any atom is 0.258 e. The van der Waals surface area contributed by atoms with Crippen LogP contribution in [0.1, 0.15) is 18.4 Å². The predicted molar refractivity (Wildman–Crippen MR) is 73.1 cm³/mol. The van der Waals surface area contributed by atoms with Crippen molar-refractivity contribution in [1.29, 1.82) is 0 Å². The van der Waals surface area contributed by atoms with Gasteiger partial charge in [-0.15, -0.1) is 0 Å². The first-order valence-electron chi connectivity index (χ1n) is 6.52. The van der Waals surface area contributed by atoms with Gasteiger partial charge in [0.15, 0.2) is 6.61 Å². The van der Waals surface area contributed by atoms with Crippen molar-refractivity contribution in [2.24, 2.45) is 0 Å². The molecule has 0 unspecified atom stereocenters. The van der Waals surface area contributed by atoms with E-state index in [9.17, 15) is 4.79 Å². The molecule has 1 amide bonds. The molecule has 1 aromatic carbocycles. The number of ether oxygens (including phenoxy) is 2. The topological polar surface area (TPSA) is 73.6 Å². The van der Waals surface area contributed by atoms with Crippen LogP contribution in [0.25, 0.3) is 0 Å². The summed E-state index contributed by atoms with van der Waals surface area (Å²) < 4.78 is 10.7. The standard InChI is InChI=1S/C14H20N2O3/c1-10-3-2-4-12(14(10)15)19-9-13(17)16-11-5-7-18-8-6-11/h2-4,11H,5-9,15H2,1H3,(H,16,17). The number of para-hydroxylation sites is 1. The highest BCUT2D eigenvalue weighted by atomic mass is 16.5. The molecule has 3 N–H and O–H groups in total. The predicted octanol–water partition coefficient (Wildman–Crippen LogP) is 1.25. The average Bonchev–Trinajstić information content (AvgIpc) is 2.42. The van der Waals surface area contributed by atoms with Crippen LogP contribution in [0.15, 0.2) is 18.2 Å². The Morgan fingerprint density at radius 2 is 2.21 bits per heavy atom. The normalized spacial score (nSPS) is 16.1. The maximum absolute atomic E-state index is 11.8. The minimum absolute atomic E-state index is 0.00892. The quantitative estimate of drug-likeness (QED) is 0.803. The Morgan fingerprint density at radius 1 is 1.47 bits per heavy atom. The maximum atomic E-state index is 11.8. The fourth-order valence-electron chi connectivity index (χ4n) is 2.03. The molecule has 1 fully saturated rings. The minimum Gasteiger partial charge on any atom is -0.482 e. The number of nitrogen functional groups attached to an aromatic ring is 1. The summed E-state index contributed by atoms with van der Waals surface area (Å²) in [5.41, 5.74) is 7.41. The van der Waals surface area contributed by atoms with E-state index >= 15 is 0 Å². The van der Waals surface area contributed by atoms with E-state index in [1.807, 2.05) is 19.1 Å². The molecule has 0 radical (unpaired) electrons. The van der Waals surface area contributed by atoms with Crippen LogP contribution in [0.2, 0.25) is 0 Å². The van der Waals surface area contributed by atoms with E-state index in [2.05, 4.69) is 5.32 Å². The number of nitrogens with two attached hydrogens (primary N) is 1. The number of amides is 1. The molecule has 104 valence electrons. The fraction of sp³-hybridized carbons (Fsp3) is 0.500. The Kier molecular flexibility index (Phi) is 4.63. The molecule has 0 aromatic heterocycles. The van der Waals surface area contributed by atoms with Crippen molar-refractivity contribution < 1.29 is 14.3 Å². The number of benzene rings is 1. The van der Waals surface area contributed by atoms with Crippen molar-refractivity contribution in [3.8, 4) is 5.75 Å². The smallest absolute Gasteiger partial charge is 0.258 e. The van der Waals surface area contributed by atoms with E-state index in [0.717, 1.165) is 18.4 Å². The number of rotatable bonds is 4. The summed E-state index contributed by atoms with van der Waals surface area (Å²) in [7, 11) is 0. The summed E-state index contributed by atoms with van der Waals surface area (Å²) >= 11 is 0. The SMILES string of the molecule is Cc1cccc(OCC(=O)NC2CCOCC2)c1N. The molecule has 1 heterocycles. The van der Waals surface area contributed by atoms with E-state index in [1.54, 1.807) is 6.07 Å². The molecule has 5 nitrogen and oxygen atoms in total. The van der Waals surface area contributed by atoms with Crippen LogP contribution in [0.4, 0.5) is 5.69 Å². The highest BCUT2D eigenvalue weighted by Crippen LogP contribution is 2.24. The Hall–Kier alpha value is -1.75. The molecule has 0 saturated carbocycles. The van der Waals surface area contributed by atoms with Gasteiger partial charge in [-0.05, 0) is 31.4 Å². The van der Waals surface area contributed by atoms with E-state index in [0.29, 0.717) is 24.7 Å². The van der Waals surface area contributed by atoms with Crippen molar-refractivity contribution in [2.75, 3.05) is 25.6 Å². The lowest BCUT2D eigenvalue weighted by molar-refractivity contribution is -0.124. The van der Waals surface area contributed by atoms with Crippen molar-refractivity contribution >= 4 is 11.6 Å². The Bertz CT molecular complexity index is 442. The lowest BCUT2D eigenvalue weighted by atomic mass is 10.1. The first-order chi connectivity index (χ1) is 9.16. The molecule has 5 heteroatoms. The number of hydrogen-bond acceptors (Lipinski definition) is 4. The van der Waals surface area contributed by atoms with Gasteiger partial charge in [0.2, 0.25) is 0 Å². The second-order valence-corrected chi connectivity index (χ2v) is 4.73. The van der Waals surface area contributed by atoms with Crippen LogP contribution < -0.4 is 15.8 Å². The fourth-order valence-corrected chi connectivity index (χ4v) is 2.03. The van der Waals surface area contributed by atoms with Gasteiger partial charge in [0.1, 0.15) is 5.75 Å². The van der Waals surface area contributed by atoms with Crippen LogP contribution >= 0.6 is 0 Å². The monoisotopic (exact) mass is 264 g/mol. The molecule has 2 rings (SSSR count). The minimum atomic E-state index is -0.118. The van der Waals surface area contributed by atoms with Gasteiger partial charge in [0, 0.05) is 19.3 Å². The van der Waals surface area contributed by atoms with Crippen LogP contribution in [0.5, 0.6) is 5.75 Å². The molecule has 19 heavy (non-hydrogen) atoms. The summed E-state index contributed by atoms with van der Waals surface area (Å²) in [5.74, 6) is 0.440. The molecule has 0 bridgehead atoms. The number of carbonyl (C=O) groups excluding carboxylic acids is 1. The van der Waals surface area contributed by atoms with Gasteiger partial charge < -0.3 is 20.5 Å². The van der Waals surface area contributed by atoms with Crippen molar-refractivity contribution in [1.82, 2.24) is 5.32 Å². The second kappa shape index (κ2) is 6.43. The summed E-state index contributed by atoms with van der Waals surface area (Å²) in [4.78, 5) is 11.8. The van der Waals surface area contributed by atoms with Crippen molar-refractivity contribution in [3.63, 3.8) is 0 Å². The molecular weight excluding hydrogens is 244 g/mol. The van der Waals surface area contributed by atoms with Gasteiger partial charge in [-0.25, -0.2) is 0 Å². The summed E-state index contributed by atoms with van der Waals surface area (Å²) in [6.07, 6.45) is 1.72. The molecule has 1 aliphatic heterocycles. The van der Waals surface area contributed by atoms with Gasteiger partial charge in [0.25, 0.3) is 5.91 Å². The Labute approximate surface area is 113 Å². The largest absolute Gasteiger partial charge is 0.482 e. The third-order valence-electron chi connectivity index (χ3n) is 3.23. The van der Waals surface area contributed by atoms with E-state index in [1.165, 1.54) is 0 Å². The molecule has 0 atom stereocenters. The highest BCUT2D eigenvalue weighted by Gasteiger charge is 2.16. The van der Waals surface area contributed by atoms with E-state index in [-0.39, 0.29) is 18.6 Å². The lowest BCUT2D eigenvalue weighted by Gasteiger charge is -2.23. The Morgan fingerprint density at radius 3 is 2.95 bits per heavy atom. The summed E-state index contributed by atoms with van der Waals surface area (Å²) in [5, 5.41) is 2.94. The van der Waals surface area contributed by atoms with Gasteiger partial charge in [0.05, 0.1) is 5.69 Å². The van der Waals surface area contributed by atoms with Gasteiger partial charge >= 0.3 is 0 Å². The second-order valence-electron chi connectivity index (χ2n) is 4.73. The third-order valence-corrected chi connectivity index (χ3v) is 3.23. The average molecular weight is 264 g/mol.